The Morgan fingerprint density at radius 3 is 2.78 bits per heavy atom. The van der Waals surface area contributed by atoms with Gasteiger partial charge in [-0.15, -0.1) is 11.6 Å². The highest BCUT2D eigenvalue weighted by Crippen LogP contribution is 1.80. The van der Waals surface area contributed by atoms with Crippen molar-refractivity contribution < 1.29 is 9.53 Å². The molecule has 0 bridgehead atoms. The first-order valence-electron chi connectivity index (χ1n) is 2.61. The Kier molecular flexibility index (Phi) is 5.32. The molecule has 0 saturated carbocycles. The van der Waals surface area contributed by atoms with Crippen molar-refractivity contribution in [1.29, 1.82) is 0 Å². The second-order valence-corrected chi connectivity index (χ2v) is 1.74. The molecule has 52 valence electrons. The van der Waals surface area contributed by atoms with Gasteiger partial charge in [-0.3, -0.25) is 4.79 Å². The summed E-state index contributed by atoms with van der Waals surface area (Å²) in [6, 6.07) is 0. The molecule has 0 spiro atoms. The first-order valence-corrected chi connectivity index (χ1v) is 3.15. The zero-order valence-corrected chi connectivity index (χ0v) is 6.02. The smallest absolute Gasteiger partial charge is 0.302 e. The van der Waals surface area contributed by atoms with Crippen LogP contribution in [0.2, 0.25) is 0 Å². The minimum atomic E-state index is -0.269. The van der Waals surface area contributed by atoms with E-state index in [9.17, 15) is 4.79 Å². The van der Waals surface area contributed by atoms with Crippen LogP contribution < -0.4 is 0 Å². The summed E-state index contributed by atoms with van der Waals surface area (Å²) in [7, 11) is 0. The van der Waals surface area contributed by atoms with E-state index in [-0.39, 0.29) is 5.97 Å². The minimum Gasteiger partial charge on any atom is -0.462 e. The predicted molar refractivity (Wildman–Crippen MR) is 36.5 cm³/mol. The van der Waals surface area contributed by atoms with Gasteiger partial charge in [-0.25, -0.2) is 0 Å². The molecule has 0 saturated heterocycles. The summed E-state index contributed by atoms with van der Waals surface area (Å²) in [6.07, 6.45) is 3.43. The lowest BCUT2D eigenvalue weighted by Crippen LogP contribution is -1.97. The van der Waals surface area contributed by atoms with Crippen molar-refractivity contribution in [3.8, 4) is 0 Å². The predicted octanol–water partition coefficient (Wildman–Crippen LogP) is 1.34. The molecule has 0 fully saturated rings. The SMILES string of the molecule is CC(=O)OC/C=C/CCl. The van der Waals surface area contributed by atoms with Gasteiger partial charge in [-0.05, 0) is 0 Å². The zero-order valence-electron chi connectivity index (χ0n) is 5.26. The molecular weight excluding hydrogens is 140 g/mol. The van der Waals surface area contributed by atoms with E-state index < -0.39 is 0 Å². The van der Waals surface area contributed by atoms with Crippen LogP contribution in [-0.4, -0.2) is 18.5 Å². The Balaban J connectivity index is 3.09. The highest BCUT2D eigenvalue weighted by molar-refractivity contribution is 6.18. The Morgan fingerprint density at radius 1 is 1.67 bits per heavy atom. The van der Waals surface area contributed by atoms with E-state index in [1.165, 1.54) is 6.92 Å². The standard InChI is InChI=1S/C6H9ClO2/c1-6(8)9-5-3-2-4-7/h2-3H,4-5H2,1H3/b3-2+. The molecule has 9 heavy (non-hydrogen) atoms. The third kappa shape index (κ3) is 7.50. The van der Waals surface area contributed by atoms with E-state index in [1.807, 2.05) is 0 Å². The lowest BCUT2D eigenvalue weighted by atomic mass is 10.5. The van der Waals surface area contributed by atoms with Gasteiger partial charge in [0.1, 0.15) is 6.61 Å². The fraction of sp³-hybridized carbons (Fsp3) is 0.500. The average molecular weight is 149 g/mol. The van der Waals surface area contributed by atoms with Gasteiger partial charge >= 0.3 is 5.97 Å². The summed E-state index contributed by atoms with van der Waals surface area (Å²) in [5.74, 6) is 0.190. The Morgan fingerprint density at radius 2 is 2.33 bits per heavy atom. The number of carbonyl (C=O) groups excluding carboxylic acids is 1. The van der Waals surface area contributed by atoms with Gasteiger partial charge in [0, 0.05) is 12.8 Å². The van der Waals surface area contributed by atoms with E-state index >= 15 is 0 Å². The molecule has 0 amide bonds. The van der Waals surface area contributed by atoms with Gasteiger partial charge in [-0.1, -0.05) is 12.2 Å². The van der Waals surface area contributed by atoms with Gasteiger partial charge in [-0.2, -0.15) is 0 Å². The molecule has 3 heteroatoms. The lowest BCUT2D eigenvalue weighted by Gasteiger charge is -1.92. The fourth-order valence-electron chi connectivity index (χ4n) is 0.297. The van der Waals surface area contributed by atoms with E-state index in [2.05, 4.69) is 4.74 Å². The number of alkyl halides is 1. The van der Waals surface area contributed by atoms with Crippen molar-refractivity contribution in [3.05, 3.63) is 12.2 Å². The minimum absolute atomic E-state index is 0.269. The quantitative estimate of drug-likeness (QED) is 0.343. The van der Waals surface area contributed by atoms with Crippen molar-refractivity contribution in [1.82, 2.24) is 0 Å². The second kappa shape index (κ2) is 5.63. The van der Waals surface area contributed by atoms with Crippen LogP contribution in [0.1, 0.15) is 6.92 Å². The molecule has 0 aliphatic heterocycles. The Labute approximate surface area is 59.5 Å². The van der Waals surface area contributed by atoms with Crippen LogP contribution in [0.25, 0.3) is 0 Å². The maximum atomic E-state index is 10.1. The van der Waals surface area contributed by atoms with Crippen molar-refractivity contribution in [2.24, 2.45) is 0 Å². The number of carbonyl (C=O) groups is 1. The molecule has 0 atom stereocenters. The maximum Gasteiger partial charge on any atom is 0.302 e. The number of ether oxygens (including phenoxy) is 1. The number of allylic oxidation sites excluding steroid dienone is 1. The van der Waals surface area contributed by atoms with Crippen LogP contribution in [0.4, 0.5) is 0 Å². The number of halogens is 1. The first kappa shape index (κ1) is 8.50. The van der Waals surface area contributed by atoms with E-state index in [1.54, 1.807) is 12.2 Å². The maximum absolute atomic E-state index is 10.1. The molecule has 0 unspecified atom stereocenters. The molecule has 0 radical (unpaired) electrons. The molecule has 0 N–H and O–H groups in total. The van der Waals surface area contributed by atoms with E-state index in [0.29, 0.717) is 12.5 Å². The van der Waals surface area contributed by atoms with Crippen LogP contribution in [0.15, 0.2) is 12.2 Å². The highest BCUT2D eigenvalue weighted by atomic mass is 35.5. The molecule has 0 aromatic carbocycles. The van der Waals surface area contributed by atoms with Gasteiger partial charge in [0.2, 0.25) is 0 Å². The summed E-state index contributed by atoms with van der Waals surface area (Å²) in [6.45, 7) is 1.69. The molecule has 2 nitrogen and oxygen atoms in total. The first-order chi connectivity index (χ1) is 4.27. The Bertz CT molecular complexity index is 110. The average Bonchev–Trinajstić information content (AvgIpc) is 1.80. The summed E-state index contributed by atoms with van der Waals surface area (Å²) >= 11 is 5.29. The van der Waals surface area contributed by atoms with Gasteiger partial charge in [0.25, 0.3) is 0 Å². The topological polar surface area (TPSA) is 26.3 Å². The number of rotatable bonds is 3. The van der Waals surface area contributed by atoms with Crippen LogP contribution in [0.3, 0.4) is 0 Å². The van der Waals surface area contributed by atoms with Crippen LogP contribution in [-0.2, 0) is 9.53 Å². The van der Waals surface area contributed by atoms with Crippen molar-refractivity contribution in [2.75, 3.05) is 12.5 Å². The summed E-state index contributed by atoms with van der Waals surface area (Å²) in [5.41, 5.74) is 0. The van der Waals surface area contributed by atoms with Gasteiger partial charge in [0.15, 0.2) is 0 Å². The van der Waals surface area contributed by atoms with E-state index in [0.717, 1.165) is 0 Å². The lowest BCUT2D eigenvalue weighted by molar-refractivity contribution is -0.139. The molecule has 0 rings (SSSR count). The molecule has 0 heterocycles. The van der Waals surface area contributed by atoms with Crippen LogP contribution in [0, 0.1) is 0 Å². The van der Waals surface area contributed by atoms with Gasteiger partial charge in [0.05, 0.1) is 0 Å². The van der Waals surface area contributed by atoms with Crippen molar-refractivity contribution in [3.63, 3.8) is 0 Å². The molecule has 0 aromatic rings. The summed E-state index contributed by atoms with van der Waals surface area (Å²) in [4.78, 5) is 10.1. The molecular formula is C6H9ClO2. The van der Waals surface area contributed by atoms with E-state index in [4.69, 9.17) is 11.6 Å². The molecule has 0 aliphatic carbocycles. The molecule has 0 aliphatic rings. The third-order valence-electron chi connectivity index (χ3n) is 0.639. The monoisotopic (exact) mass is 148 g/mol. The number of hydrogen-bond acceptors (Lipinski definition) is 2. The van der Waals surface area contributed by atoms with Crippen molar-refractivity contribution >= 4 is 17.6 Å². The summed E-state index contributed by atoms with van der Waals surface area (Å²) < 4.78 is 4.56. The highest BCUT2D eigenvalue weighted by Gasteiger charge is 1.84. The normalized spacial score (nSPS) is 10.0. The second-order valence-electron chi connectivity index (χ2n) is 1.43. The number of hydrogen-bond donors (Lipinski definition) is 0. The molecule has 0 aromatic heterocycles. The van der Waals surface area contributed by atoms with Crippen LogP contribution >= 0.6 is 11.6 Å². The fourth-order valence-corrected chi connectivity index (χ4v) is 0.422. The zero-order chi connectivity index (χ0) is 7.11. The van der Waals surface area contributed by atoms with Crippen molar-refractivity contribution in [2.45, 2.75) is 6.92 Å². The number of esters is 1. The third-order valence-corrected chi connectivity index (χ3v) is 0.817. The largest absolute Gasteiger partial charge is 0.462 e. The van der Waals surface area contributed by atoms with Crippen LogP contribution in [0.5, 0.6) is 0 Å². The van der Waals surface area contributed by atoms with Gasteiger partial charge < -0.3 is 4.74 Å². The summed E-state index contributed by atoms with van der Waals surface area (Å²) in [5, 5.41) is 0. The Hall–Kier alpha value is -0.500.